The van der Waals surface area contributed by atoms with Crippen LogP contribution in [0.3, 0.4) is 0 Å². The van der Waals surface area contributed by atoms with Crippen LogP contribution in [0.25, 0.3) is 6.08 Å². The Morgan fingerprint density at radius 2 is 1.72 bits per heavy atom. The molecule has 2 rings (SSSR count). The Bertz CT molecular complexity index is 751. The second kappa shape index (κ2) is 9.27. The molecule has 0 radical (unpaired) electrons. The van der Waals surface area contributed by atoms with Crippen LogP contribution in [0.5, 0.6) is 5.75 Å². The van der Waals surface area contributed by atoms with Crippen LogP contribution in [-0.4, -0.2) is 25.1 Å². The molecule has 0 saturated carbocycles. The number of hydrogen-bond acceptors (Lipinski definition) is 4. The van der Waals surface area contributed by atoms with Gasteiger partial charge in [-0.25, -0.2) is 4.79 Å². The van der Waals surface area contributed by atoms with Gasteiger partial charge in [-0.15, -0.1) is 0 Å². The molecule has 0 unspecified atom stereocenters. The van der Waals surface area contributed by atoms with Crippen molar-refractivity contribution >= 4 is 23.6 Å². The van der Waals surface area contributed by atoms with Gasteiger partial charge >= 0.3 is 5.97 Å². The lowest BCUT2D eigenvalue weighted by atomic mass is 10.1. The normalized spacial score (nSPS) is 10.5. The molecule has 0 aromatic heterocycles. The fourth-order valence-corrected chi connectivity index (χ4v) is 2.17. The van der Waals surface area contributed by atoms with E-state index >= 15 is 0 Å². The first kappa shape index (κ1) is 18.3. The molecular weight excluding hydrogens is 318 g/mol. The third kappa shape index (κ3) is 5.49. The van der Waals surface area contributed by atoms with E-state index in [0.29, 0.717) is 30.2 Å². The second-order valence-electron chi connectivity index (χ2n) is 5.09. The second-order valence-corrected chi connectivity index (χ2v) is 5.09. The first-order chi connectivity index (χ1) is 12.1. The van der Waals surface area contributed by atoms with Gasteiger partial charge in [0.1, 0.15) is 5.75 Å². The molecule has 0 bridgehead atoms. The third-order valence-electron chi connectivity index (χ3n) is 3.30. The van der Waals surface area contributed by atoms with Gasteiger partial charge < -0.3 is 14.8 Å². The number of para-hydroxylation sites is 1. The van der Waals surface area contributed by atoms with Crippen molar-refractivity contribution in [1.82, 2.24) is 0 Å². The Hall–Kier alpha value is -3.08. The number of esters is 1. The Morgan fingerprint density at radius 3 is 2.40 bits per heavy atom. The number of benzene rings is 2. The minimum atomic E-state index is -0.382. The van der Waals surface area contributed by atoms with Gasteiger partial charge in [-0.2, -0.15) is 0 Å². The predicted molar refractivity (Wildman–Crippen MR) is 97.7 cm³/mol. The number of hydrogen-bond donors (Lipinski definition) is 1. The number of amides is 1. The van der Waals surface area contributed by atoms with Crippen LogP contribution < -0.4 is 10.1 Å². The largest absolute Gasteiger partial charge is 0.493 e. The Labute approximate surface area is 147 Å². The Morgan fingerprint density at radius 1 is 1.00 bits per heavy atom. The van der Waals surface area contributed by atoms with Crippen LogP contribution >= 0.6 is 0 Å². The molecule has 0 aliphatic carbocycles. The zero-order valence-electron chi connectivity index (χ0n) is 14.3. The van der Waals surface area contributed by atoms with Crippen molar-refractivity contribution in [1.29, 1.82) is 0 Å². The van der Waals surface area contributed by atoms with Crippen molar-refractivity contribution in [3.05, 3.63) is 65.7 Å². The summed E-state index contributed by atoms with van der Waals surface area (Å²) in [7, 11) is 0. The van der Waals surface area contributed by atoms with Crippen molar-refractivity contribution < 1.29 is 19.1 Å². The van der Waals surface area contributed by atoms with Crippen molar-refractivity contribution in [3.8, 4) is 5.75 Å². The van der Waals surface area contributed by atoms with E-state index in [0.717, 1.165) is 5.56 Å². The molecule has 0 spiro atoms. The number of anilines is 1. The summed E-state index contributed by atoms with van der Waals surface area (Å²) in [5.74, 6) is -0.0669. The average Bonchev–Trinajstić information content (AvgIpc) is 2.62. The quantitative estimate of drug-likeness (QED) is 0.613. The lowest BCUT2D eigenvalue weighted by molar-refractivity contribution is -0.137. The summed E-state index contributed by atoms with van der Waals surface area (Å²) >= 11 is 0. The van der Waals surface area contributed by atoms with E-state index in [-0.39, 0.29) is 11.9 Å². The summed E-state index contributed by atoms with van der Waals surface area (Å²) in [5.41, 5.74) is 1.97. The van der Waals surface area contributed by atoms with Crippen molar-refractivity contribution in [2.75, 3.05) is 18.5 Å². The molecule has 2 aromatic rings. The number of nitrogens with one attached hydrogen (secondary N) is 1. The van der Waals surface area contributed by atoms with Gasteiger partial charge in [-0.3, -0.25) is 4.79 Å². The fraction of sp³-hybridized carbons (Fsp3) is 0.200. The van der Waals surface area contributed by atoms with Crippen LogP contribution in [0, 0.1) is 0 Å². The number of carbonyl (C=O) groups is 2. The lowest BCUT2D eigenvalue weighted by Gasteiger charge is -2.10. The molecule has 130 valence electrons. The van der Waals surface area contributed by atoms with Crippen LogP contribution in [-0.2, 0) is 9.53 Å². The molecule has 1 amide bonds. The minimum Gasteiger partial charge on any atom is -0.493 e. The highest BCUT2D eigenvalue weighted by Crippen LogP contribution is 2.20. The summed E-state index contributed by atoms with van der Waals surface area (Å²) in [6.07, 6.45) is 3.03. The molecule has 5 heteroatoms. The Balaban J connectivity index is 2.04. The summed E-state index contributed by atoms with van der Waals surface area (Å²) in [5, 5.41) is 2.83. The minimum absolute atomic E-state index is 0.237. The highest BCUT2D eigenvalue weighted by atomic mass is 16.5. The molecule has 2 aromatic carbocycles. The van der Waals surface area contributed by atoms with E-state index in [9.17, 15) is 9.59 Å². The van der Waals surface area contributed by atoms with Crippen LogP contribution in [0.2, 0.25) is 0 Å². The summed E-state index contributed by atoms with van der Waals surface area (Å²) in [6, 6.07) is 14.3. The zero-order valence-corrected chi connectivity index (χ0v) is 14.3. The molecule has 1 N–H and O–H groups in total. The first-order valence-corrected chi connectivity index (χ1v) is 8.12. The maximum atomic E-state index is 12.4. The van der Waals surface area contributed by atoms with Crippen molar-refractivity contribution in [3.63, 3.8) is 0 Å². The first-order valence-electron chi connectivity index (χ1n) is 8.12. The predicted octanol–water partition coefficient (Wildman–Crippen LogP) is 3.91. The van der Waals surface area contributed by atoms with E-state index < -0.39 is 0 Å². The van der Waals surface area contributed by atoms with Gasteiger partial charge in [0.25, 0.3) is 5.91 Å². The molecule has 0 atom stereocenters. The van der Waals surface area contributed by atoms with Gasteiger partial charge in [-0.05, 0) is 49.8 Å². The van der Waals surface area contributed by atoms with E-state index in [1.54, 1.807) is 55.5 Å². The highest BCUT2D eigenvalue weighted by Gasteiger charge is 2.11. The van der Waals surface area contributed by atoms with Crippen molar-refractivity contribution in [2.45, 2.75) is 13.8 Å². The standard InChI is InChI=1S/C20H21NO4/c1-3-24-18-8-6-5-7-17(18)20(23)21-16-12-9-15(10-13-16)11-14-19(22)25-4-2/h5-14H,3-4H2,1-2H3,(H,21,23)/b14-11+. The average molecular weight is 339 g/mol. The van der Waals surface area contributed by atoms with E-state index in [2.05, 4.69) is 5.32 Å². The highest BCUT2D eigenvalue weighted by molar-refractivity contribution is 6.06. The van der Waals surface area contributed by atoms with Crippen LogP contribution in [0.4, 0.5) is 5.69 Å². The summed E-state index contributed by atoms with van der Waals surface area (Å²) < 4.78 is 10.3. The molecule has 0 aliphatic rings. The van der Waals surface area contributed by atoms with Crippen molar-refractivity contribution in [2.24, 2.45) is 0 Å². The van der Waals surface area contributed by atoms with E-state index in [1.165, 1.54) is 6.08 Å². The number of carbonyl (C=O) groups excluding carboxylic acids is 2. The summed E-state index contributed by atoms with van der Waals surface area (Å²) in [4.78, 5) is 23.7. The molecule has 0 saturated heterocycles. The summed E-state index contributed by atoms with van der Waals surface area (Å²) in [6.45, 7) is 4.47. The maximum absolute atomic E-state index is 12.4. The monoisotopic (exact) mass is 339 g/mol. The molecule has 0 heterocycles. The van der Waals surface area contributed by atoms with Crippen LogP contribution in [0.15, 0.2) is 54.6 Å². The number of rotatable bonds is 7. The van der Waals surface area contributed by atoms with Crippen LogP contribution in [0.1, 0.15) is 29.8 Å². The molecule has 5 nitrogen and oxygen atoms in total. The maximum Gasteiger partial charge on any atom is 0.330 e. The van der Waals surface area contributed by atoms with Gasteiger partial charge in [0.15, 0.2) is 0 Å². The van der Waals surface area contributed by atoms with Gasteiger partial charge in [0, 0.05) is 11.8 Å². The van der Waals surface area contributed by atoms with Gasteiger partial charge in [-0.1, -0.05) is 24.3 Å². The molecule has 0 aliphatic heterocycles. The molecule has 0 fully saturated rings. The SMILES string of the molecule is CCOC(=O)/C=C/c1ccc(NC(=O)c2ccccc2OCC)cc1. The topological polar surface area (TPSA) is 64.6 Å². The smallest absolute Gasteiger partial charge is 0.330 e. The molecule has 25 heavy (non-hydrogen) atoms. The van der Waals surface area contributed by atoms with E-state index in [4.69, 9.17) is 9.47 Å². The zero-order chi connectivity index (χ0) is 18.1. The molecular formula is C20H21NO4. The van der Waals surface area contributed by atoms with Gasteiger partial charge in [0.2, 0.25) is 0 Å². The Kier molecular flexibility index (Phi) is 6.77. The van der Waals surface area contributed by atoms with E-state index in [1.807, 2.05) is 13.0 Å². The van der Waals surface area contributed by atoms with Gasteiger partial charge in [0.05, 0.1) is 18.8 Å². The number of ether oxygens (including phenoxy) is 2. The third-order valence-corrected chi connectivity index (χ3v) is 3.30. The lowest BCUT2D eigenvalue weighted by Crippen LogP contribution is -2.13. The fourth-order valence-electron chi connectivity index (χ4n) is 2.17.